The third-order valence-corrected chi connectivity index (χ3v) is 6.02. The number of carbonyl (C=O) groups excluding carboxylic acids is 1. The third kappa shape index (κ3) is 4.74. The SMILES string of the molecule is O=C1NCC(CCCCN2CCC(c3ccccc3)CC2)Oc2ccccc21. The zero-order valence-electron chi connectivity index (χ0n) is 16.5. The fourth-order valence-corrected chi connectivity index (χ4v) is 4.36. The van der Waals surface area contributed by atoms with Crippen molar-refractivity contribution in [3.63, 3.8) is 0 Å². The van der Waals surface area contributed by atoms with Gasteiger partial charge in [0.15, 0.2) is 0 Å². The average Bonchev–Trinajstić information content (AvgIpc) is 2.91. The predicted octanol–water partition coefficient (Wildman–Crippen LogP) is 4.23. The second kappa shape index (κ2) is 9.24. The van der Waals surface area contributed by atoms with Gasteiger partial charge in [0.1, 0.15) is 11.9 Å². The quantitative estimate of drug-likeness (QED) is 0.765. The maximum atomic E-state index is 12.1. The normalized spacial score (nSPS) is 20.7. The summed E-state index contributed by atoms with van der Waals surface area (Å²) in [6.45, 7) is 4.15. The summed E-state index contributed by atoms with van der Waals surface area (Å²) in [6, 6.07) is 18.5. The van der Waals surface area contributed by atoms with E-state index < -0.39 is 0 Å². The molecule has 1 fully saturated rings. The highest BCUT2D eigenvalue weighted by molar-refractivity contribution is 5.97. The Balaban J connectivity index is 1.17. The molecule has 0 aliphatic carbocycles. The summed E-state index contributed by atoms with van der Waals surface area (Å²) in [5.41, 5.74) is 2.14. The van der Waals surface area contributed by atoms with Gasteiger partial charge >= 0.3 is 0 Å². The molecule has 2 aliphatic heterocycles. The zero-order chi connectivity index (χ0) is 19.2. The number of amides is 1. The van der Waals surface area contributed by atoms with Crippen LogP contribution < -0.4 is 10.1 Å². The van der Waals surface area contributed by atoms with Gasteiger partial charge in [0.2, 0.25) is 0 Å². The third-order valence-electron chi connectivity index (χ3n) is 6.02. The van der Waals surface area contributed by atoms with Crippen LogP contribution in [0.3, 0.4) is 0 Å². The monoisotopic (exact) mass is 378 g/mol. The molecule has 1 atom stereocenters. The Morgan fingerprint density at radius 3 is 2.54 bits per heavy atom. The molecule has 0 saturated carbocycles. The van der Waals surface area contributed by atoms with Gasteiger partial charge in [-0.15, -0.1) is 0 Å². The Hall–Kier alpha value is -2.33. The molecule has 2 aromatic carbocycles. The standard InChI is InChI=1S/C24H30N2O2/c27-24-22-11-4-5-12-23(22)28-21(18-25-24)10-6-7-15-26-16-13-20(14-17-26)19-8-2-1-3-9-19/h1-5,8-9,11-12,20-21H,6-7,10,13-18H2,(H,25,27). The molecule has 0 aromatic heterocycles. The lowest BCUT2D eigenvalue weighted by Gasteiger charge is -2.32. The summed E-state index contributed by atoms with van der Waals surface area (Å²) in [5.74, 6) is 1.41. The fraction of sp³-hybridized carbons (Fsp3) is 0.458. The number of carbonyl (C=O) groups is 1. The van der Waals surface area contributed by atoms with E-state index in [9.17, 15) is 4.79 Å². The summed E-state index contributed by atoms with van der Waals surface area (Å²) < 4.78 is 6.09. The van der Waals surface area contributed by atoms with Crippen molar-refractivity contribution in [1.82, 2.24) is 10.2 Å². The van der Waals surface area contributed by atoms with E-state index in [-0.39, 0.29) is 12.0 Å². The van der Waals surface area contributed by atoms with E-state index in [0.717, 1.165) is 25.3 Å². The number of piperidine rings is 1. The number of likely N-dealkylation sites (tertiary alicyclic amines) is 1. The minimum absolute atomic E-state index is 0.0283. The van der Waals surface area contributed by atoms with Gasteiger partial charge in [0.25, 0.3) is 5.91 Å². The van der Waals surface area contributed by atoms with Gasteiger partial charge in [0, 0.05) is 0 Å². The van der Waals surface area contributed by atoms with Crippen molar-refractivity contribution in [2.75, 3.05) is 26.2 Å². The van der Waals surface area contributed by atoms with Crippen LogP contribution in [0.4, 0.5) is 0 Å². The number of unbranched alkanes of at least 4 members (excludes halogenated alkanes) is 1. The molecule has 4 nitrogen and oxygen atoms in total. The highest BCUT2D eigenvalue weighted by Crippen LogP contribution is 2.28. The Morgan fingerprint density at radius 2 is 1.71 bits per heavy atom. The first-order valence-electron chi connectivity index (χ1n) is 10.6. The van der Waals surface area contributed by atoms with Crippen molar-refractivity contribution in [3.05, 3.63) is 65.7 Å². The number of para-hydroxylation sites is 1. The number of fused-ring (bicyclic) bond motifs is 1. The Kier molecular flexibility index (Phi) is 6.27. The van der Waals surface area contributed by atoms with E-state index in [1.165, 1.54) is 37.9 Å². The van der Waals surface area contributed by atoms with E-state index >= 15 is 0 Å². The lowest BCUT2D eigenvalue weighted by Crippen LogP contribution is -2.34. The molecule has 1 N–H and O–H groups in total. The first-order valence-corrected chi connectivity index (χ1v) is 10.6. The molecule has 2 aromatic rings. The molecule has 1 unspecified atom stereocenters. The van der Waals surface area contributed by atoms with Gasteiger partial charge < -0.3 is 15.0 Å². The number of nitrogens with one attached hydrogen (secondary N) is 1. The van der Waals surface area contributed by atoms with Crippen LogP contribution in [-0.2, 0) is 0 Å². The van der Waals surface area contributed by atoms with Crippen LogP contribution in [0.25, 0.3) is 0 Å². The first-order chi connectivity index (χ1) is 13.8. The van der Waals surface area contributed by atoms with Crippen LogP contribution in [0.1, 0.15) is 53.9 Å². The van der Waals surface area contributed by atoms with Gasteiger partial charge in [-0.2, -0.15) is 0 Å². The van der Waals surface area contributed by atoms with E-state index in [2.05, 4.69) is 40.5 Å². The summed E-state index contributed by atoms with van der Waals surface area (Å²) in [7, 11) is 0. The van der Waals surface area contributed by atoms with Gasteiger partial charge in [-0.05, 0) is 75.4 Å². The molecule has 2 aliphatic rings. The predicted molar refractivity (Wildman–Crippen MR) is 112 cm³/mol. The molecular weight excluding hydrogens is 348 g/mol. The van der Waals surface area contributed by atoms with Crippen molar-refractivity contribution in [1.29, 1.82) is 0 Å². The lowest BCUT2D eigenvalue weighted by atomic mass is 9.89. The molecule has 1 saturated heterocycles. The van der Waals surface area contributed by atoms with Crippen molar-refractivity contribution >= 4 is 5.91 Å². The van der Waals surface area contributed by atoms with Crippen LogP contribution in [0.2, 0.25) is 0 Å². The molecule has 4 rings (SSSR count). The molecule has 1 amide bonds. The average molecular weight is 379 g/mol. The van der Waals surface area contributed by atoms with Crippen molar-refractivity contribution in [2.45, 2.75) is 44.1 Å². The summed E-state index contributed by atoms with van der Waals surface area (Å²) in [4.78, 5) is 14.7. The van der Waals surface area contributed by atoms with Gasteiger partial charge in [-0.25, -0.2) is 0 Å². The Labute approximate surface area is 167 Å². The largest absolute Gasteiger partial charge is 0.488 e. The molecule has 2 heterocycles. The van der Waals surface area contributed by atoms with Crippen molar-refractivity contribution in [3.8, 4) is 5.75 Å². The number of hydrogen-bond acceptors (Lipinski definition) is 3. The molecule has 0 spiro atoms. The number of nitrogens with zero attached hydrogens (tertiary/aromatic N) is 1. The minimum atomic E-state index is -0.0283. The van der Waals surface area contributed by atoms with Crippen LogP contribution in [0.5, 0.6) is 5.75 Å². The smallest absolute Gasteiger partial charge is 0.255 e. The second-order valence-electron chi connectivity index (χ2n) is 7.97. The van der Waals surface area contributed by atoms with Gasteiger partial charge in [-0.1, -0.05) is 42.5 Å². The maximum Gasteiger partial charge on any atom is 0.255 e. The summed E-state index contributed by atoms with van der Waals surface area (Å²) >= 11 is 0. The molecule has 148 valence electrons. The lowest BCUT2D eigenvalue weighted by molar-refractivity contribution is 0.0949. The van der Waals surface area contributed by atoms with Crippen molar-refractivity contribution in [2.24, 2.45) is 0 Å². The molecule has 0 bridgehead atoms. The van der Waals surface area contributed by atoms with Crippen LogP contribution >= 0.6 is 0 Å². The number of rotatable bonds is 6. The maximum absolute atomic E-state index is 12.1. The molecular formula is C24H30N2O2. The van der Waals surface area contributed by atoms with Gasteiger partial charge in [0.05, 0.1) is 12.1 Å². The van der Waals surface area contributed by atoms with Crippen LogP contribution in [-0.4, -0.2) is 43.1 Å². The molecule has 0 radical (unpaired) electrons. The summed E-state index contributed by atoms with van der Waals surface area (Å²) in [6.07, 6.45) is 5.88. The second-order valence-corrected chi connectivity index (χ2v) is 7.97. The molecule has 28 heavy (non-hydrogen) atoms. The Bertz CT molecular complexity index is 769. The van der Waals surface area contributed by atoms with E-state index in [1.807, 2.05) is 24.3 Å². The zero-order valence-corrected chi connectivity index (χ0v) is 16.5. The number of ether oxygens (including phenoxy) is 1. The fourth-order valence-electron chi connectivity index (χ4n) is 4.36. The number of benzene rings is 2. The Morgan fingerprint density at radius 1 is 0.964 bits per heavy atom. The highest BCUT2D eigenvalue weighted by Gasteiger charge is 2.23. The number of hydrogen-bond donors (Lipinski definition) is 1. The van der Waals surface area contributed by atoms with Crippen LogP contribution in [0, 0.1) is 0 Å². The van der Waals surface area contributed by atoms with E-state index in [0.29, 0.717) is 17.9 Å². The summed E-state index contributed by atoms with van der Waals surface area (Å²) in [5, 5.41) is 2.99. The van der Waals surface area contributed by atoms with Crippen molar-refractivity contribution < 1.29 is 9.53 Å². The minimum Gasteiger partial charge on any atom is -0.488 e. The topological polar surface area (TPSA) is 41.6 Å². The highest BCUT2D eigenvalue weighted by atomic mass is 16.5. The first kappa shape index (κ1) is 19.0. The van der Waals surface area contributed by atoms with E-state index in [4.69, 9.17) is 4.74 Å². The van der Waals surface area contributed by atoms with Gasteiger partial charge in [-0.3, -0.25) is 4.79 Å². The molecule has 4 heteroatoms. The van der Waals surface area contributed by atoms with Crippen LogP contribution in [0.15, 0.2) is 54.6 Å². The van der Waals surface area contributed by atoms with E-state index in [1.54, 1.807) is 0 Å².